The molecule has 1 N–H and O–H groups in total. The van der Waals surface area contributed by atoms with Gasteiger partial charge in [-0.05, 0) is 45.9 Å². The highest BCUT2D eigenvalue weighted by atomic mass is 16.1. The third-order valence-corrected chi connectivity index (χ3v) is 3.85. The first kappa shape index (κ1) is 16.8. The lowest BCUT2D eigenvalue weighted by Gasteiger charge is -2.10. The Bertz CT molecular complexity index is 877. The molecule has 0 aliphatic heterocycles. The zero-order chi connectivity index (χ0) is 18.0. The number of amides is 1. The fraction of sp³-hybridized carbons (Fsp3) is 0.353. The number of rotatable bonds is 5. The van der Waals surface area contributed by atoms with Crippen LogP contribution in [0, 0.1) is 13.8 Å². The summed E-state index contributed by atoms with van der Waals surface area (Å²) in [6.45, 7) is 8.29. The van der Waals surface area contributed by atoms with Gasteiger partial charge >= 0.3 is 0 Å². The fourth-order valence-corrected chi connectivity index (χ4v) is 2.59. The smallest absolute Gasteiger partial charge is 0.253 e. The molecule has 8 heteroatoms. The zero-order valence-electron chi connectivity index (χ0n) is 14.8. The van der Waals surface area contributed by atoms with E-state index in [0.717, 1.165) is 17.2 Å². The molecule has 25 heavy (non-hydrogen) atoms. The van der Waals surface area contributed by atoms with Crippen LogP contribution in [-0.4, -0.2) is 35.4 Å². The van der Waals surface area contributed by atoms with Gasteiger partial charge in [-0.15, -0.1) is 10.2 Å². The predicted molar refractivity (Wildman–Crippen MR) is 92.4 cm³/mol. The first-order valence-electron chi connectivity index (χ1n) is 8.12. The van der Waals surface area contributed by atoms with Crippen molar-refractivity contribution in [1.29, 1.82) is 0 Å². The number of hydrogen-bond donors (Lipinski definition) is 1. The molecular formula is C17H21N7O. The largest absolute Gasteiger partial charge is 0.345 e. The Hall–Kier alpha value is -3.03. The van der Waals surface area contributed by atoms with Gasteiger partial charge in [0.1, 0.15) is 6.33 Å². The van der Waals surface area contributed by atoms with Crippen LogP contribution in [0.15, 0.2) is 30.7 Å². The van der Waals surface area contributed by atoms with Gasteiger partial charge in [0.2, 0.25) is 0 Å². The monoisotopic (exact) mass is 339 g/mol. The van der Waals surface area contributed by atoms with Gasteiger partial charge in [-0.25, -0.2) is 9.67 Å². The van der Waals surface area contributed by atoms with Crippen molar-refractivity contribution in [2.75, 3.05) is 0 Å². The molecule has 0 aliphatic carbocycles. The number of nitrogens with one attached hydrogen (secondary N) is 1. The molecule has 0 aromatic carbocycles. The molecule has 0 aliphatic rings. The molecule has 0 fully saturated rings. The Morgan fingerprint density at radius 3 is 2.68 bits per heavy atom. The minimum Gasteiger partial charge on any atom is -0.345 e. The van der Waals surface area contributed by atoms with Gasteiger partial charge in [0.15, 0.2) is 11.6 Å². The second-order valence-electron chi connectivity index (χ2n) is 6.17. The number of aromatic nitrogens is 6. The highest BCUT2D eigenvalue weighted by Gasteiger charge is 2.12. The molecule has 0 atom stereocenters. The third kappa shape index (κ3) is 3.57. The lowest BCUT2D eigenvalue weighted by Crippen LogP contribution is -2.25. The summed E-state index contributed by atoms with van der Waals surface area (Å²) in [6.07, 6.45) is 3.21. The molecule has 3 rings (SSSR count). The minimum atomic E-state index is -0.203. The first-order valence-corrected chi connectivity index (χ1v) is 8.12. The van der Waals surface area contributed by atoms with E-state index in [0.29, 0.717) is 17.9 Å². The lowest BCUT2D eigenvalue weighted by molar-refractivity contribution is 0.0949. The molecular weight excluding hydrogens is 318 g/mol. The Labute approximate surface area is 145 Å². The molecule has 0 saturated heterocycles. The quantitative estimate of drug-likeness (QED) is 0.767. The van der Waals surface area contributed by atoms with Crippen molar-refractivity contribution in [2.45, 2.75) is 40.3 Å². The zero-order valence-corrected chi connectivity index (χ0v) is 14.8. The summed E-state index contributed by atoms with van der Waals surface area (Å²) in [5.74, 6) is 1.20. The van der Waals surface area contributed by atoms with Crippen LogP contribution in [0.3, 0.4) is 0 Å². The van der Waals surface area contributed by atoms with Crippen molar-refractivity contribution in [3.8, 4) is 5.82 Å². The third-order valence-electron chi connectivity index (χ3n) is 3.85. The predicted octanol–water partition coefficient (Wildman–Crippen LogP) is 1.99. The summed E-state index contributed by atoms with van der Waals surface area (Å²) in [4.78, 5) is 16.7. The van der Waals surface area contributed by atoms with Crippen LogP contribution in [0.1, 0.15) is 47.5 Å². The second-order valence-corrected chi connectivity index (χ2v) is 6.17. The fourth-order valence-electron chi connectivity index (χ4n) is 2.59. The summed E-state index contributed by atoms with van der Waals surface area (Å²) in [7, 11) is 0. The van der Waals surface area contributed by atoms with Crippen LogP contribution in [0.4, 0.5) is 0 Å². The van der Waals surface area contributed by atoms with Crippen molar-refractivity contribution < 1.29 is 4.79 Å². The average Bonchev–Trinajstić information content (AvgIpc) is 3.19. The van der Waals surface area contributed by atoms with Crippen LogP contribution in [-0.2, 0) is 6.54 Å². The van der Waals surface area contributed by atoms with E-state index >= 15 is 0 Å². The molecule has 0 spiro atoms. The highest BCUT2D eigenvalue weighted by molar-refractivity contribution is 5.93. The molecule has 0 unspecified atom stereocenters. The van der Waals surface area contributed by atoms with E-state index < -0.39 is 0 Å². The topological polar surface area (TPSA) is 90.5 Å². The van der Waals surface area contributed by atoms with Gasteiger partial charge in [0, 0.05) is 17.9 Å². The standard InChI is InChI=1S/C17H21N7O/c1-11(2)23-10-20-21-16(23)9-19-17(25)14-5-6-15(18-8-14)24-13(4)7-12(3)22-24/h5-8,10-11H,9H2,1-4H3,(H,19,25). The van der Waals surface area contributed by atoms with E-state index in [-0.39, 0.29) is 11.9 Å². The summed E-state index contributed by atoms with van der Waals surface area (Å²) in [5.41, 5.74) is 2.41. The Morgan fingerprint density at radius 1 is 1.28 bits per heavy atom. The van der Waals surface area contributed by atoms with Gasteiger partial charge in [0.05, 0.1) is 17.8 Å². The summed E-state index contributed by atoms with van der Waals surface area (Å²) < 4.78 is 3.67. The van der Waals surface area contributed by atoms with E-state index in [1.165, 1.54) is 0 Å². The summed E-state index contributed by atoms with van der Waals surface area (Å²) >= 11 is 0. The van der Waals surface area contributed by atoms with Crippen molar-refractivity contribution in [3.63, 3.8) is 0 Å². The van der Waals surface area contributed by atoms with E-state index in [4.69, 9.17) is 0 Å². The number of aryl methyl sites for hydroxylation is 2. The number of pyridine rings is 1. The highest BCUT2D eigenvalue weighted by Crippen LogP contribution is 2.11. The second kappa shape index (κ2) is 6.84. The molecule has 3 aromatic heterocycles. The van der Waals surface area contributed by atoms with E-state index in [1.54, 1.807) is 29.3 Å². The maximum absolute atomic E-state index is 12.3. The molecule has 0 radical (unpaired) electrons. The number of hydrogen-bond acceptors (Lipinski definition) is 5. The van der Waals surface area contributed by atoms with Gasteiger partial charge in [-0.3, -0.25) is 4.79 Å². The summed E-state index contributed by atoms with van der Waals surface area (Å²) in [6, 6.07) is 5.74. The Kier molecular flexibility index (Phi) is 4.60. The van der Waals surface area contributed by atoms with Crippen LogP contribution < -0.4 is 5.32 Å². The number of carbonyl (C=O) groups is 1. The average molecular weight is 339 g/mol. The van der Waals surface area contributed by atoms with E-state index in [2.05, 4.69) is 25.6 Å². The van der Waals surface area contributed by atoms with Crippen LogP contribution in [0.5, 0.6) is 0 Å². The molecule has 0 saturated carbocycles. The van der Waals surface area contributed by atoms with Crippen LogP contribution in [0.25, 0.3) is 5.82 Å². The maximum atomic E-state index is 12.3. The Balaban J connectivity index is 1.69. The number of nitrogens with zero attached hydrogens (tertiary/aromatic N) is 6. The van der Waals surface area contributed by atoms with Crippen molar-refractivity contribution in [1.82, 2.24) is 34.8 Å². The van der Waals surface area contributed by atoms with Gasteiger partial charge in [-0.2, -0.15) is 5.10 Å². The minimum absolute atomic E-state index is 0.203. The molecule has 3 aromatic rings. The van der Waals surface area contributed by atoms with Crippen molar-refractivity contribution in [2.24, 2.45) is 0 Å². The van der Waals surface area contributed by atoms with E-state index in [9.17, 15) is 4.79 Å². The molecule has 0 bridgehead atoms. The van der Waals surface area contributed by atoms with Gasteiger partial charge in [0.25, 0.3) is 5.91 Å². The molecule has 130 valence electrons. The summed E-state index contributed by atoms with van der Waals surface area (Å²) in [5, 5.41) is 15.2. The van der Waals surface area contributed by atoms with Crippen molar-refractivity contribution >= 4 is 5.91 Å². The van der Waals surface area contributed by atoms with E-state index in [1.807, 2.05) is 38.3 Å². The molecule has 3 heterocycles. The van der Waals surface area contributed by atoms with Crippen LogP contribution >= 0.6 is 0 Å². The normalized spacial score (nSPS) is 11.1. The van der Waals surface area contributed by atoms with Gasteiger partial charge in [-0.1, -0.05) is 0 Å². The lowest BCUT2D eigenvalue weighted by atomic mass is 10.2. The SMILES string of the molecule is Cc1cc(C)n(-c2ccc(C(=O)NCc3nncn3C(C)C)cn2)n1. The maximum Gasteiger partial charge on any atom is 0.253 e. The first-order chi connectivity index (χ1) is 12.0. The van der Waals surface area contributed by atoms with Gasteiger partial charge < -0.3 is 9.88 Å². The molecule has 1 amide bonds. The van der Waals surface area contributed by atoms with Crippen molar-refractivity contribution in [3.05, 3.63) is 53.5 Å². The Morgan fingerprint density at radius 2 is 2.08 bits per heavy atom. The number of carbonyl (C=O) groups excluding carboxylic acids is 1. The van der Waals surface area contributed by atoms with Crippen LogP contribution in [0.2, 0.25) is 0 Å². The molecule has 8 nitrogen and oxygen atoms in total.